The molecule has 0 bridgehead atoms. The van der Waals surface area contributed by atoms with Crippen LogP contribution < -0.4 is 19.5 Å². The molecule has 2 N–H and O–H groups in total. The van der Waals surface area contributed by atoms with Gasteiger partial charge in [0.1, 0.15) is 23.8 Å². The predicted molar refractivity (Wildman–Crippen MR) is 152 cm³/mol. The van der Waals surface area contributed by atoms with E-state index in [9.17, 15) is 4.79 Å². The largest absolute Gasteiger partial charge is 0.483 e. The number of aliphatic hydroxyl groups is 1. The molecule has 0 saturated heterocycles. The number of fused-ring (bicyclic) bond motifs is 2. The molecule has 3 aromatic heterocycles. The summed E-state index contributed by atoms with van der Waals surface area (Å²) in [4.78, 5) is 33.9. The Hall–Kier alpha value is -4.69. The lowest BCUT2D eigenvalue weighted by molar-refractivity contribution is -0.0431. The standard InChI is InChI=1S/C28H25FN6O6S/c1-14-7-16(25-19(8-14)34-24(38-2)13-30-25)26-35-18-9-17(29)22(10-23(18)42-26)40-20-3-4-21(20)41-28(37)33-15-11-31-27(32-12-15)39-6-5-36/h7-13,20-21,36H,3-6H2,1-2H3,(H,33,37)/t20-,21+/m0/s1. The fourth-order valence-electron chi connectivity index (χ4n) is 4.39. The van der Waals surface area contributed by atoms with E-state index in [1.54, 1.807) is 12.3 Å². The van der Waals surface area contributed by atoms with E-state index in [-0.39, 0.29) is 25.0 Å². The smallest absolute Gasteiger partial charge is 0.412 e. The van der Waals surface area contributed by atoms with Gasteiger partial charge in [0.15, 0.2) is 11.6 Å². The minimum absolute atomic E-state index is 0.0573. The van der Waals surface area contributed by atoms with Crippen LogP contribution in [0.5, 0.6) is 17.6 Å². The van der Waals surface area contributed by atoms with Crippen molar-refractivity contribution in [1.82, 2.24) is 24.9 Å². The van der Waals surface area contributed by atoms with E-state index in [1.807, 2.05) is 19.1 Å². The van der Waals surface area contributed by atoms with Crippen molar-refractivity contribution in [3.05, 3.63) is 54.2 Å². The number of aryl methyl sites for hydroxylation is 1. The van der Waals surface area contributed by atoms with E-state index >= 15 is 4.39 Å². The van der Waals surface area contributed by atoms with Gasteiger partial charge in [0, 0.05) is 17.7 Å². The molecule has 1 fully saturated rings. The third-order valence-corrected chi connectivity index (χ3v) is 7.59. The van der Waals surface area contributed by atoms with Gasteiger partial charge in [-0.25, -0.2) is 34.1 Å². The van der Waals surface area contributed by atoms with Crippen LogP contribution >= 0.6 is 11.3 Å². The van der Waals surface area contributed by atoms with Crippen molar-refractivity contribution in [3.8, 4) is 28.2 Å². The van der Waals surface area contributed by atoms with Gasteiger partial charge < -0.3 is 24.1 Å². The minimum Gasteiger partial charge on any atom is -0.483 e. The van der Waals surface area contributed by atoms with Crippen LogP contribution in [0.1, 0.15) is 18.4 Å². The molecule has 0 spiro atoms. The molecular weight excluding hydrogens is 567 g/mol. The monoisotopic (exact) mass is 592 g/mol. The molecule has 0 unspecified atom stereocenters. The Labute approximate surface area is 242 Å². The first-order valence-electron chi connectivity index (χ1n) is 13.0. The van der Waals surface area contributed by atoms with Crippen molar-refractivity contribution >= 4 is 44.4 Å². The van der Waals surface area contributed by atoms with E-state index in [4.69, 9.17) is 24.1 Å². The number of anilines is 1. The third kappa shape index (κ3) is 5.71. The number of ether oxygens (including phenoxy) is 4. The van der Waals surface area contributed by atoms with E-state index in [0.717, 1.165) is 15.8 Å². The van der Waals surface area contributed by atoms with E-state index in [0.29, 0.717) is 46.0 Å². The van der Waals surface area contributed by atoms with Gasteiger partial charge >= 0.3 is 12.1 Å². The van der Waals surface area contributed by atoms with Crippen LogP contribution in [-0.4, -0.2) is 68.7 Å². The Balaban J connectivity index is 1.15. The summed E-state index contributed by atoms with van der Waals surface area (Å²) >= 11 is 1.39. The number of nitrogens with one attached hydrogen (secondary N) is 1. The highest BCUT2D eigenvalue weighted by molar-refractivity contribution is 7.21. The molecule has 2 atom stereocenters. The first-order chi connectivity index (χ1) is 20.4. The van der Waals surface area contributed by atoms with E-state index in [1.165, 1.54) is 36.9 Å². The Morgan fingerprint density at radius 2 is 1.88 bits per heavy atom. The normalized spacial score (nSPS) is 16.2. The number of nitrogens with zero attached hydrogens (tertiary/aromatic N) is 5. The van der Waals surface area contributed by atoms with Crippen molar-refractivity contribution in [2.75, 3.05) is 25.6 Å². The highest BCUT2D eigenvalue weighted by atomic mass is 32.1. The molecule has 6 rings (SSSR count). The average molecular weight is 593 g/mol. The van der Waals surface area contributed by atoms with Crippen molar-refractivity contribution < 1.29 is 33.2 Å². The number of benzene rings is 2. The topological polar surface area (TPSA) is 151 Å². The summed E-state index contributed by atoms with van der Waals surface area (Å²) < 4.78 is 37.5. The number of halogens is 1. The molecule has 1 saturated carbocycles. The Morgan fingerprint density at radius 1 is 1.07 bits per heavy atom. The van der Waals surface area contributed by atoms with Gasteiger partial charge in [-0.05, 0) is 37.5 Å². The molecule has 1 aliphatic carbocycles. The number of thiazole rings is 1. The van der Waals surface area contributed by atoms with Gasteiger partial charge in [0.05, 0.1) is 59.2 Å². The SMILES string of the molecule is COc1cnc2c(-c3nc4cc(F)c(O[C@H]5CC[C@H]5OC(=O)Nc5cnc(OCCO)nc5)cc4s3)cc(C)cc2n1. The molecule has 2 aromatic carbocycles. The second kappa shape index (κ2) is 11.7. The first kappa shape index (κ1) is 27.5. The molecular formula is C28H25FN6O6S. The van der Waals surface area contributed by atoms with Gasteiger partial charge in [0.2, 0.25) is 5.88 Å². The van der Waals surface area contributed by atoms with Gasteiger partial charge in [-0.2, -0.15) is 0 Å². The molecule has 5 aromatic rings. The van der Waals surface area contributed by atoms with Gasteiger partial charge in [-0.3, -0.25) is 5.32 Å². The zero-order valence-corrected chi connectivity index (χ0v) is 23.4. The minimum atomic E-state index is -0.713. The molecule has 14 heteroatoms. The number of hydrogen-bond acceptors (Lipinski definition) is 12. The van der Waals surface area contributed by atoms with E-state index < -0.39 is 24.1 Å². The number of amides is 1. The van der Waals surface area contributed by atoms with Crippen molar-refractivity contribution in [1.29, 1.82) is 0 Å². The quantitative estimate of drug-likeness (QED) is 0.245. The van der Waals surface area contributed by atoms with Crippen LogP contribution in [0.25, 0.3) is 31.8 Å². The predicted octanol–water partition coefficient (Wildman–Crippen LogP) is 4.68. The number of rotatable bonds is 9. The molecule has 0 radical (unpaired) electrons. The summed E-state index contributed by atoms with van der Waals surface area (Å²) in [6.07, 6.45) is 3.65. The summed E-state index contributed by atoms with van der Waals surface area (Å²) in [6, 6.07) is 6.92. The third-order valence-electron chi connectivity index (χ3n) is 6.53. The maximum absolute atomic E-state index is 15.1. The summed E-state index contributed by atoms with van der Waals surface area (Å²) in [7, 11) is 1.54. The van der Waals surface area contributed by atoms with Gasteiger partial charge in [0.25, 0.3) is 0 Å². The lowest BCUT2D eigenvalue weighted by Gasteiger charge is -2.35. The lowest BCUT2D eigenvalue weighted by atomic mass is 9.92. The average Bonchev–Trinajstić information content (AvgIpc) is 3.39. The second-order valence-corrected chi connectivity index (χ2v) is 10.5. The highest BCUT2D eigenvalue weighted by Gasteiger charge is 2.37. The fourth-order valence-corrected chi connectivity index (χ4v) is 5.39. The number of hydrogen-bond donors (Lipinski definition) is 2. The maximum atomic E-state index is 15.1. The van der Waals surface area contributed by atoms with Gasteiger partial charge in [-0.15, -0.1) is 11.3 Å². The van der Waals surface area contributed by atoms with Crippen molar-refractivity contribution in [2.24, 2.45) is 0 Å². The molecule has 0 aliphatic heterocycles. The molecule has 42 heavy (non-hydrogen) atoms. The highest BCUT2D eigenvalue weighted by Crippen LogP contribution is 2.38. The van der Waals surface area contributed by atoms with Gasteiger partial charge in [-0.1, -0.05) is 0 Å². The Morgan fingerprint density at radius 3 is 2.62 bits per heavy atom. The maximum Gasteiger partial charge on any atom is 0.412 e. The second-order valence-electron chi connectivity index (χ2n) is 9.49. The van der Waals surface area contributed by atoms with Crippen LogP contribution in [0, 0.1) is 12.7 Å². The fraction of sp³-hybridized carbons (Fsp3) is 0.286. The number of aromatic nitrogens is 5. The van der Waals surface area contributed by atoms with Crippen LogP contribution in [0.2, 0.25) is 0 Å². The number of aliphatic hydroxyl groups excluding tert-OH is 1. The Kier molecular flexibility index (Phi) is 7.63. The summed E-state index contributed by atoms with van der Waals surface area (Å²) in [6.45, 7) is 1.85. The number of methoxy groups -OCH3 is 1. The van der Waals surface area contributed by atoms with Crippen molar-refractivity contribution in [3.63, 3.8) is 0 Å². The Bertz CT molecular complexity index is 1770. The van der Waals surface area contributed by atoms with E-state index in [2.05, 4.69) is 30.2 Å². The van der Waals surface area contributed by atoms with Crippen LogP contribution in [0.3, 0.4) is 0 Å². The molecule has 12 nitrogen and oxygen atoms in total. The molecule has 3 heterocycles. The van der Waals surface area contributed by atoms with Crippen LogP contribution in [-0.2, 0) is 4.74 Å². The summed E-state index contributed by atoms with van der Waals surface area (Å²) in [5.41, 5.74) is 3.91. The number of carbonyl (C=O) groups excluding carboxylic acids is 1. The summed E-state index contributed by atoms with van der Waals surface area (Å²) in [5, 5.41) is 12.0. The zero-order valence-electron chi connectivity index (χ0n) is 22.5. The first-order valence-corrected chi connectivity index (χ1v) is 13.8. The van der Waals surface area contributed by atoms with Crippen molar-refractivity contribution in [2.45, 2.75) is 32.0 Å². The molecule has 1 amide bonds. The van der Waals surface area contributed by atoms with Crippen LogP contribution in [0.15, 0.2) is 42.9 Å². The molecule has 216 valence electrons. The van der Waals surface area contributed by atoms with Crippen LogP contribution in [0.4, 0.5) is 14.9 Å². The number of carbonyl (C=O) groups is 1. The summed E-state index contributed by atoms with van der Waals surface area (Å²) in [5.74, 6) is -0.0910. The zero-order chi connectivity index (χ0) is 29.2. The molecule has 1 aliphatic rings. The lowest BCUT2D eigenvalue weighted by Crippen LogP contribution is -2.45.